The van der Waals surface area contributed by atoms with Crippen molar-refractivity contribution in [3.05, 3.63) is 24.0 Å². The zero-order chi connectivity index (χ0) is 31.1. The molecule has 0 radical (unpaired) electrons. The number of pyridine rings is 1. The highest BCUT2D eigenvalue weighted by molar-refractivity contribution is 7.19. The van der Waals surface area contributed by atoms with Gasteiger partial charge in [-0.2, -0.15) is 5.10 Å². The minimum atomic E-state index is -0.163. The van der Waals surface area contributed by atoms with Crippen molar-refractivity contribution < 1.29 is 19.1 Å². The van der Waals surface area contributed by atoms with Crippen LogP contribution in [0, 0.1) is 5.92 Å². The van der Waals surface area contributed by atoms with Gasteiger partial charge in [-0.15, -0.1) is 0 Å². The molecule has 2 saturated carbocycles. The van der Waals surface area contributed by atoms with Crippen molar-refractivity contribution in [1.82, 2.24) is 29.5 Å². The van der Waals surface area contributed by atoms with E-state index < -0.39 is 0 Å². The SMILES string of the molecule is COc1ccc(-c2c3c(nn2C2CCC(C(=O)N(C)C4CCC(N5CCCC5)CC4)CC2)-c2sc(NC(C)=O)nc2CO3)cn1. The number of hydrogen-bond acceptors (Lipinski definition) is 9. The lowest BCUT2D eigenvalue weighted by Crippen LogP contribution is -2.46. The third-order valence-corrected chi connectivity index (χ3v) is 11.3. The van der Waals surface area contributed by atoms with Crippen LogP contribution in [0.1, 0.15) is 82.9 Å². The maximum Gasteiger partial charge on any atom is 0.225 e. The van der Waals surface area contributed by atoms with E-state index in [1.807, 2.05) is 19.2 Å². The molecule has 2 amide bonds. The van der Waals surface area contributed by atoms with E-state index in [4.69, 9.17) is 14.6 Å². The van der Waals surface area contributed by atoms with Crippen molar-refractivity contribution in [2.24, 2.45) is 5.92 Å². The standard InChI is InChI=1S/C33H43N7O4S/c1-20(41)35-33-36-26-19-44-30-28(31(26)45-33)37-40(29(30)22-8-15-27(43-3)34-18-22)25-9-6-21(7-10-25)32(42)38(2)23-11-13-24(14-12-23)39-16-4-5-17-39/h8,15,18,21,23-25H,4-7,9-14,16-17,19H2,1-3H3,(H,35,36,41). The zero-order valence-corrected chi connectivity index (χ0v) is 27.3. The minimum absolute atomic E-state index is 0.0448. The van der Waals surface area contributed by atoms with Gasteiger partial charge in [0.05, 0.1) is 18.0 Å². The predicted molar refractivity (Wildman–Crippen MR) is 172 cm³/mol. The highest BCUT2D eigenvalue weighted by Crippen LogP contribution is 2.49. The van der Waals surface area contributed by atoms with Gasteiger partial charge in [0.15, 0.2) is 10.9 Å². The first-order valence-electron chi connectivity index (χ1n) is 16.4. The first-order valence-corrected chi connectivity index (χ1v) is 17.2. The first kappa shape index (κ1) is 30.2. The molecule has 11 nitrogen and oxygen atoms in total. The van der Waals surface area contributed by atoms with Crippen LogP contribution in [-0.2, 0) is 16.2 Å². The Kier molecular flexibility index (Phi) is 8.52. The van der Waals surface area contributed by atoms with E-state index in [1.54, 1.807) is 13.3 Å². The molecular formula is C33H43N7O4S. The smallest absolute Gasteiger partial charge is 0.225 e. The second kappa shape index (κ2) is 12.7. The molecule has 2 aliphatic heterocycles. The summed E-state index contributed by atoms with van der Waals surface area (Å²) in [6, 6.07) is 5.01. The Morgan fingerprint density at radius 3 is 2.44 bits per heavy atom. The third-order valence-electron chi connectivity index (χ3n) is 10.2. The Morgan fingerprint density at radius 2 is 1.78 bits per heavy atom. The lowest BCUT2D eigenvalue weighted by Gasteiger charge is -2.40. The maximum absolute atomic E-state index is 13.7. The monoisotopic (exact) mass is 633 g/mol. The van der Waals surface area contributed by atoms with Gasteiger partial charge in [0.2, 0.25) is 17.7 Å². The maximum atomic E-state index is 13.7. The summed E-state index contributed by atoms with van der Waals surface area (Å²) in [6.07, 6.45) is 12.5. The van der Waals surface area contributed by atoms with Gasteiger partial charge in [-0.1, -0.05) is 11.3 Å². The van der Waals surface area contributed by atoms with Gasteiger partial charge >= 0.3 is 0 Å². The number of likely N-dealkylation sites (tertiary alicyclic amines) is 1. The summed E-state index contributed by atoms with van der Waals surface area (Å²) in [7, 11) is 3.64. The van der Waals surface area contributed by atoms with E-state index >= 15 is 0 Å². The van der Waals surface area contributed by atoms with Crippen LogP contribution in [0.25, 0.3) is 21.8 Å². The van der Waals surface area contributed by atoms with Crippen molar-refractivity contribution in [2.75, 3.05) is 32.6 Å². The Labute approximate surface area is 268 Å². The molecule has 5 heterocycles. The van der Waals surface area contributed by atoms with E-state index in [2.05, 4.69) is 29.8 Å². The quantitative estimate of drug-likeness (QED) is 0.362. The van der Waals surface area contributed by atoms with Crippen LogP contribution in [-0.4, -0.2) is 80.7 Å². The molecule has 4 aliphatic rings. The Hall–Kier alpha value is -3.51. The van der Waals surface area contributed by atoms with Crippen molar-refractivity contribution in [2.45, 2.75) is 95.9 Å². The number of anilines is 1. The van der Waals surface area contributed by atoms with Crippen LogP contribution in [0.5, 0.6) is 11.6 Å². The number of rotatable bonds is 7. The fourth-order valence-corrected chi connectivity index (χ4v) is 8.80. The average Bonchev–Trinajstić information content (AvgIpc) is 3.83. The van der Waals surface area contributed by atoms with E-state index in [1.165, 1.54) is 57.0 Å². The van der Waals surface area contributed by atoms with Crippen molar-refractivity contribution >= 4 is 28.3 Å². The number of aromatic nitrogens is 4. The molecular weight excluding hydrogens is 590 g/mol. The van der Waals surface area contributed by atoms with Crippen LogP contribution in [0.3, 0.4) is 0 Å². The van der Waals surface area contributed by atoms with Gasteiger partial charge in [0.25, 0.3) is 0 Å². The highest BCUT2D eigenvalue weighted by Gasteiger charge is 2.37. The Balaban J connectivity index is 1.08. The van der Waals surface area contributed by atoms with E-state index in [0.717, 1.165) is 66.0 Å². The molecule has 3 aromatic heterocycles. The number of fused-ring (bicyclic) bond motifs is 3. The topological polar surface area (TPSA) is 115 Å². The van der Waals surface area contributed by atoms with Gasteiger partial charge in [-0.05, 0) is 83.4 Å². The summed E-state index contributed by atoms with van der Waals surface area (Å²) in [5, 5.41) is 8.48. The van der Waals surface area contributed by atoms with Gasteiger partial charge < -0.3 is 24.6 Å². The molecule has 3 fully saturated rings. The van der Waals surface area contributed by atoms with Gasteiger partial charge in [0, 0.05) is 49.8 Å². The number of methoxy groups -OCH3 is 1. The van der Waals surface area contributed by atoms with Crippen LogP contribution in [0.2, 0.25) is 0 Å². The minimum Gasteiger partial charge on any atom is -0.483 e. The molecule has 2 aliphatic carbocycles. The Morgan fingerprint density at radius 1 is 1.04 bits per heavy atom. The summed E-state index contributed by atoms with van der Waals surface area (Å²) < 4.78 is 13.7. The first-order chi connectivity index (χ1) is 21.9. The van der Waals surface area contributed by atoms with Gasteiger partial charge in [-0.25, -0.2) is 9.97 Å². The summed E-state index contributed by atoms with van der Waals surface area (Å²) >= 11 is 1.42. The number of nitrogens with zero attached hydrogens (tertiary/aromatic N) is 6. The van der Waals surface area contributed by atoms with Crippen molar-refractivity contribution in [1.29, 1.82) is 0 Å². The molecule has 0 spiro atoms. The normalized spacial score (nSPS) is 24.8. The summed E-state index contributed by atoms with van der Waals surface area (Å²) in [4.78, 5) is 40.1. The fraction of sp³-hybridized carbons (Fsp3) is 0.606. The zero-order valence-electron chi connectivity index (χ0n) is 26.5. The Bertz CT molecular complexity index is 1530. The number of hydrogen-bond donors (Lipinski definition) is 1. The van der Waals surface area contributed by atoms with E-state index in [-0.39, 0.29) is 17.9 Å². The summed E-state index contributed by atoms with van der Waals surface area (Å²) in [5.41, 5.74) is 3.27. The molecule has 0 bridgehead atoms. The lowest BCUT2D eigenvalue weighted by molar-refractivity contribution is -0.138. The number of amides is 2. The number of thiazole rings is 1. The number of nitrogens with one attached hydrogen (secondary N) is 1. The highest BCUT2D eigenvalue weighted by atomic mass is 32.1. The second-order valence-corrected chi connectivity index (χ2v) is 14.0. The molecule has 3 aromatic rings. The predicted octanol–water partition coefficient (Wildman–Crippen LogP) is 5.52. The van der Waals surface area contributed by atoms with Crippen molar-refractivity contribution in [3.8, 4) is 33.5 Å². The fourth-order valence-electron chi connectivity index (χ4n) is 7.81. The molecule has 45 heavy (non-hydrogen) atoms. The summed E-state index contributed by atoms with van der Waals surface area (Å²) in [6.45, 7) is 4.27. The van der Waals surface area contributed by atoms with E-state index in [9.17, 15) is 9.59 Å². The molecule has 12 heteroatoms. The van der Waals surface area contributed by atoms with Gasteiger partial charge in [0.1, 0.15) is 23.7 Å². The molecule has 7 rings (SSSR count). The van der Waals surface area contributed by atoms with Crippen molar-refractivity contribution in [3.63, 3.8) is 0 Å². The molecule has 0 aromatic carbocycles. The molecule has 1 N–H and O–H groups in total. The molecule has 0 atom stereocenters. The average molecular weight is 634 g/mol. The number of ether oxygens (including phenoxy) is 2. The van der Waals surface area contributed by atoms with Gasteiger partial charge in [-0.3, -0.25) is 14.3 Å². The third kappa shape index (κ3) is 5.94. The second-order valence-electron chi connectivity index (χ2n) is 13.0. The van der Waals surface area contributed by atoms with E-state index in [0.29, 0.717) is 41.4 Å². The molecule has 240 valence electrons. The molecule has 1 saturated heterocycles. The van der Waals surface area contributed by atoms with Crippen LogP contribution >= 0.6 is 11.3 Å². The number of carbonyl (C=O) groups excluding carboxylic acids is 2. The van der Waals surface area contributed by atoms with Crippen LogP contribution in [0.15, 0.2) is 18.3 Å². The van der Waals surface area contributed by atoms with Crippen LogP contribution < -0.4 is 14.8 Å². The summed E-state index contributed by atoms with van der Waals surface area (Å²) in [5.74, 6) is 1.43. The molecule has 0 unspecified atom stereocenters. The van der Waals surface area contributed by atoms with Crippen LogP contribution in [0.4, 0.5) is 5.13 Å². The number of carbonyl (C=O) groups is 2. The largest absolute Gasteiger partial charge is 0.483 e. The lowest BCUT2D eigenvalue weighted by atomic mass is 9.83.